The SMILES string of the molecule is N#Cc1cc2c3ccc4ccccc4c3c3ccc4ccccc4c3c2cc1C#N. The normalized spacial score (nSPS) is 11.3. The molecule has 0 bridgehead atoms. The van der Waals surface area contributed by atoms with Crippen LogP contribution in [0.3, 0.4) is 0 Å². The zero-order valence-electron chi connectivity index (χ0n) is 16.0. The van der Waals surface area contributed by atoms with E-state index in [0.717, 1.165) is 32.3 Å². The molecule has 0 saturated carbocycles. The van der Waals surface area contributed by atoms with Crippen molar-refractivity contribution in [3.63, 3.8) is 0 Å². The molecule has 0 aliphatic carbocycles. The van der Waals surface area contributed by atoms with Crippen LogP contribution >= 0.6 is 0 Å². The van der Waals surface area contributed by atoms with Gasteiger partial charge in [0.05, 0.1) is 11.1 Å². The zero-order chi connectivity index (χ0) is 20.2. The third-order valence-corrected chi connectivity index (χ3v) is 6.09. The Morgan fingerprint density at radius 3 is 1.53 bits per heavy atom. The highest BCUT2D eigenvalue weighted by Gasteiger charge is 2.16. The number of rotatable bonds is 0. The van der Waals surface area contributed by atoms with Crippen LogP contribution in [0, 0.1) is 22.7 Å². The summed E-state index contributed by atoms with van der Waals surface area (Å²) in [5.41, 5.74) is 0.832. The maximum Gasteiger partial charge on any atom is 0.101 e. The van der Waals surface area contributed by atoms with Crippen LogP contribution in [0.15, 0.2) is 84.9 Å². The first-order valence-electron chi connectivity index (χ1n) is 9.83. The number of benzene rings is 6. The standard InChI is InChI=1S/C28H14N2/c29-15-19-13-25-23-11-9-17-5-1-3-7-21(17)27(23)24-12-10-18-6-2-4-8-22(18)28(24)26(25)14-20(19)16-30/h1-14H. The molecule has 0 amide bonds. The number of nitrogens with zero attached hydrogens (tertiary/aromatic N) is 2. The third-order valence-electron chi connectivity index (χ3n) is 6.09. The molecule has 30 heavy (non-hydrogen) atoms. The molecule has 0 fully saturated rings. The first kappa shape index (κ1) is 16.5. The van der Waals surface area contributed by atoms with Crippen molar-refractivity contribution >= 4 is 53.9 Å². The van der Waals surface area contributed by atoms with Gasteiger partial charge in [0.1, 0.15) is 12.1 Å². The molecule has 0 heterocycles. The molecule has 0 N–H and O–H groups in total. The third kappa shape index (κ3) is 2.11. The monoisotopic (exact) mass is 378 g/mol. The second-order valence-electron chi connectivity index (χ2n) is 7.59. The number of hydrogen-bond donors (Lipinski definition) is 0. The maximum absolute atomic E-state index is 9.65. The van der Waals surface area contributed by atoms with Gasteiger partial charge in [-0.05, 0) is 66.0 Å². The summed E-state index contributed by atoms with van der Waals surface area (Å²) in [6, 6.07) is 33.6. The van der Waals surface area contributed by atoms with Crippen molar-refractivity contribution in [2.75, 3.05) is 0 Å². The summed E-state index contributed by atoms with van der Waals surface area (Å²) in [7, 11) is 0. The van der Waals surface area contributed by atoms with Crippen molar-refractivity contribution in [2.24, 2.45) is 0 Å². The molecule has 2 heteroatoms. The van der Waals surface area contributed by atoms with Crippen LogP contribution in [0.2, 0.25) is 0 Å². The van der Waals surface area contributed by atoms with Crippen LogP contribution in [-0.2, 0) is 0 Å². The van der Waals surface area contributed by atoms with E-state index in [1.807, 2.05) is 18.2 Å². The summed E-state index contributed by atoms with van der Waals surface area (Å²) in [5, 5.41) is 30.6. The Hall–Kier alpha value is -4.40. The van der Waals surface area contributed by atoms with Gasteiger partial charge in [0, 0.05) is 0 Å². The van der Waals surface area contributed by atoms with E-state index < -0.39 is 0 Å². The van der Waals surface area contributed by atoms with Gasteiger partial charge >= 0.3 is 0 Å². The van der Waals surface area contributed by atoms with Crippen LogP contribution in [0.1, 0.15) is 11.1 Å². The van der Waals surface area contributed by atoms with Crippen molar-refractivity contribution in [1.82, 2.24) is 0 Å². The van der Waals surface area contributed by atoms with Gasteiger partial charge in [-0.25, -0.2) is 0 Å². The summed E-state index contributed by atoms with van der Waals surface area (Å²) in [5.74, 6) is 0. The van der Waals surface area contributed by atoms with Crippen LogP contribution in [0.25, 0.3) is 53.9 Å². The van der Waals surface area contributed by atoms with Crippen molar-refractivity contribution < 1.29 is 0 Å². The van der Waals surface area contributed by atoms with Gasteiger partial charge in [-0.1, -0.05) is 72.8 Å². The highest BCUT2D eigenvalue weighted by molar-refractivity contribution is 6.35. The molecule has 2 nitrogen and oxygen atoms in total. The van der Waals surface area contributed by atoms with Crippen molar-refractivity contribution in [3.05, 3.63) is 96.1 Å². The first-order valence-corrected chi connectivity index (χ1v) is 9.83. The Bertz CT molecular complexity index is 1760. The second kappa shape index (κ2) is 6.05. The highest BCUT2D eigenvalue weighted by atomic mass is 14.3. The van der Waals surface area contributed by atoms with E-state index in [1.165, 1.54) is 21.5 Å². The summed E-state index contributed by atoms with van der Waals surface area (Å²) < 4.78 is 0. The molecule has 0 aromatic heterocycles. The predicted molar refractivity (Wildman–Crippen MR) is 123 cm³/mol. The molecule has 136 valence electrons. The molecular formula is C28H14N2. The van der Waals surface area contributed by atoms with Gasteiger partial charge in [0.25, 0.3) is 0 Å². The lowest BCUT2D eigenvalue weighted by molar-refractivity contribution is 1.45. The van der Waals surface area contributed by atoms with Crippen molar-refractivity contribution in [3.8, 4) is 12.1 Å². The number of nitriles is 2. The van der Waals surface area contributed by atoms with Gasteiger partial charge in [0.2, 0.25) is 0 Å². The van der Waals surface area contributed by atoms with Crippen LogP contribution in [0.4, 0.5) is 0 Å². The smallest absolute Gasteiger partial charge is 0.101 e. The number of fused-ring (bicyclic) bond motifs is 10. The molecule has 0 unspecified atom stereocenters. The predicted octanol–water partition coefficient (Wildman–Crippen LogP) is 7.20. The highest BCUT2D eigenvalue weighted by Crippen LogP contribution is 2.42. The molecule has 6 aromatic rings. The molecule has 6 aromatic carbocycles. The minimum absolute atomic E-state index is 0.416. The summed E-state index contributed by atoms with van der Waals surface area (Å²) in [6.45, 7) is 0. The van der Waals surface area contributed by atoms with E-state index in [9.17, 15) is 10.5 Å². The van der Waals surface area contributed by atoms with E-state index in [4.69, 9.17) is 0 Å². The van der Waals surface area contributed by atoms with Gasteiger partial charge in [0.15, 0.2) is 0 Å². The largest absolute Gasteiger partial charge is 0.192 e. The van der Waals surface area contributed by atoms with Gasteiger partial charge in [-0.15, -0.1) is 0 Å². The fourth-order valence-electron chi connectivity index (χ4n) is 4.77. The second-order valence-corrected chi connectivity index (χ2v) is 7.59. The Morgan fingerprint density at radius 1 is 0.433 bits per heavy atom. The van der Waals surface area contributed by atoms with E-state index in [2.05, 4.69) is 78.9 Å². The average molecular weight is 378 g/mol. The van der Waals surface area contributed by atoms with E-state index in [0.29, 0.717) is 11.1 Å². The summed E-state index contributed by atoms with van der Waals surface area (Å²) >= 11 is 0. The zero-order valence-corrected chi connectivity index (χ0v) is 16.0. The Kier molecular flexibility index (Phi) is 3.33. The molecule has 0 radical (unpaired) electrons. The van der Waals surface area contributed by atoms with Crippen LogP contribution in [0.5, 0.6) is 0 Å². The molecule has 0 aliphatic heterocycles. The Balaban J connectivity index is 2.04. The Morgan fingerprint density at radius 2 is 0.933 bits per heavy atom. The molecule has 0 saturated heterocycles. The molecule has 6 rings (SSSR count). The lowest BCUT2D eigenvalue weighted by Gasteiger charge is -2.15. The fraction of sp³-hybridized carbons (Fsp3) is 0. The minimum atomic E-state index is 0.416. The van der Waals surface area contributed by atoms with Crippen molar-refractivity contribution in [2.45, 2.75) is 0 Å². The van der Waals surface area contributed by atoms with Gasteiger partial charge < -0.3 is 0 Å². The van der Waals surface area contributed by atoms with Gasteiger partial charge in [-0.2, -0.15) is 10.5 Å². The maximum atomic E-state index is 9.65. The van der Waals surface area contributed by atoms with Gasteiger partial charge in [-0.3, -0.25) is 0 Å². The summed E-state index contributed by atoms with van der Waals surface area (Å²) in [6.07, 6.45) is 0. The molecule has 0 atom stereocenters. The van der Waals surface area contributed by atoms with E-state index >= 15 is 0 Å². The Labute approximate surface area is 172 Å². The van der Waals surface area contributed by atoms with Crippen LogP contribution < -0.4 is 0 Å². The lowest BCUT2D eigenvalue weighted by atomic mass is 9.87. The molecular weight excluding hydrogens is 364 g/mol. The fourth-order valence-corrected chi connectivity index (χ4v) is 4.77. The van der Waals surface area contributed by atoms with E-state index in [1.54, 1.807) is 0 Å². The topological polar surface area (TPSA) is 47.6 Å². The molecule has 0 spiro atoms. The lowest BCUT2D eigenvalue weighted by Crippen LogP contribution is -1.90. The average Bonchev–Trinajstić information content (AvgIpc) is 2.82. The quantitative estimate of drug-likeness (QED) is 0.262. The summed E-state index contributed by atoms with van der Waals surface area (Å²) in [4.78, 5) is 0. The molecule has 0 aliphatic rings. The van der Waals surface area contributed by atoms with E-state index in [-0.39, 0.29) is 0 Å². The van der Waals surface area contributed by atoms with Crippen molar-refractivity contribution in [1.29, 1.82) is 10.5 Å². The van der Waals surface area contributed by atoms with Crippen LogP contribution in [-0.4, -0.2) is 0 Å². The first-order chi connectivity index (χ1) is 14.8. The minimum Gasteiger partial charge on any atom is -0.192 e. The number of hydrogen-bond acceptors (Lipinski definition) is 2.